The van der Waals surface area contributed by atoms with Crippen LogP contribution < -0.4 is 10.6 Å². The molecule has 2 aromatic rings. The highest BCUT2D eigenvalue weighted by atomic mass is 16.6. The second kappa shape index (κ2) is 10.3. The molecule has 0 aliphatic carbocycles. The Morgan fingerprint density at radius 2 is 1.44 bits per heavy atom. The summed E-state index contributed by atoms with van der Waals surface area (Å²) in [5.41, 5.74) is 3.77. The first-order valence-corrected chi connectivity index (χ1v) is 10.6. The largest absolute Gasteiger partial charge is 0.324 e. The number of para-hydroxylation sites is 1. The minimum atomic E-state index is -0.495. The Hall–Kier alpha value is -3.30. The van der Waals surface area contributed by atoms with Crippen LogP contribution in [-0.4, -0.2) is 65.8 Å². The zero-order chi connectivity index (χ0) is 23.3. The van der Waals surface area contributed by atoms with E-state index in [1.165, 1.54) is 6.07 Å². The van der Waals surface area contributed by atoms with Crippen molar-refractivity contribution in [2.24, 2.45) is 0 Å². The molecule has 0 aromatic heterocycles. The number of nitro benzene ring substituents is 1. The zero-order valence-electron chi connectivity index (χ0n) is 18.7. The van der Waals surface area contributed by atoms with Gasteiger partial charge >= 0.3 is 0 Å². The van der Waals surface area contributed by atoms with Crippen LogP contribution in [0.4, 0.5) is 17.1 Å². The van der Waals surface area contributed by atoms with Crippen LogP contribution in [0.15, 0.2) is 36.4 Å². The van der Waals surface area contributed by atoms with Crippen LogP contribution >= 0.6 is 0 Å². The number of carbonyl (C=O) groups is 2. The molecule has 2 aromatic carbocycles. The lowest BCUT2D eigenvalue weighted by molar-refractivity contribution is -0.384. The average Bonchev–Trinajstić information content (AvgIpc) is 2.73. The molecule has 1 saturated heterocycles. The fraction of sp³-hybridized carbons (Fsp3) is 0.391. The number of rotatable bonds is 7. The maximum atomic E-state index is 12.5. The lowest BCUT2D eigenvalue weighted by Crippen LogP contribution is -2.50. The van der Waals surface area contributed by atoms with Gasteiger partial charge in [0.1, 0.15) is 5.69 Å². The van der Waals surface area contributed by atoms with Crippen LogP contribution in [0.2, 0.25) is 0 Å². The number of anilines is 2. The minimum Gasteiger partial charge on any atom is -0.324 e. The molecule has 1 aliphatic rings. The van der Waals surface area contributed by atoms with Crippen molar-refractivity contribution in [3.8, 4) is 0 Å². The predicted octanol–water partition coefficient (Wildman–Crippen LogP) is 2.71. The van der Waals surface area contributed by atoms with Crippen molar-refractivity contribution in [3.05, 3.63) is 63.2 Å². The van der Waals surface area contributed by atoms with Crippen LogP contribution in [0.25, 0.3) is 0 Å². The summed E-state index contributed by atoms with van der Waals surface area (Å²) in [6.07, 6.45) is 0. The van der Waals surface area contributed by atoms with E-state index in [4.69, 9.17) is 0 Å². The number of aryl methyl sites for hydroxylation is 3. The van der Waals surface area contributed by atoms with Crippen molar-refractivity contribution in [2.75, 3.05) is 49.9 Å². The molecule has 2 N–H and O–H groups in total. The third-order valence-electron chi connectivity index (χ3n) is 5.57. The summed E-state index contributed by atoms with van der Waals surface area (Å²) < 4.78 is 0. The van der Waals surface area contributed by atoms with E-state index in [0.29, 0.717) is 32.7 Å². The van der Waals surface area contributed by atoms with Crippen LogP contribution in [0.1, 0.15) is 16.7 Å². The normalized spacial score (nSPS) is 14.7. The molecule has 9 nitrogen and oxygen atoms in total. The van der Waals surface area contributed by atoms with E-state index in [1.54, 1.807) is 19.1 Å². The molecule has 0 saturated carbocycles. The molecule has 170 valence electrons. The third kappa shape index (κ3) is 6.12. The Bertz CT molecular complexity index is 995. The molecule has 0 radical (unpaired) electrons. The SMILES string of the molecule is Cc1ccc(NC(=O)CN2CCN(CC(=O)Nc3c(C)cccc3C)CC2)c([N+](=O)[O-])c1. The Balaban J connectivity index is 1.46. The molecule has 0 spiro atoms. The molecule has 3 rings (SSSR count). The van der Waals surface area contributed by atoms with Crippen LogP contribution in [-0.2, 0) is 9.59 Å². The second-order valence-corrected chi connectivity index (χ2v) is 8.19. The predicted molar refractivity (Wildman–Crippen MR) is 124 cm³/mol. The fourth-order valence-corrected chi connectivity index (χ4v) is 3.79. The first-order chi connectivity index (χ1) is 15.2. The molecule has 32 heavy (non-hydrogen) atoms. The van der Waals surface area contributed by atoms with Gasteiger partial charge in [-0.2, -0.15) is 0 Å². The number of nitrogens with one attached hydrogen (secondary N) is 2. The number of carbonyl (C=O) groups excluding carboxylic acids is 2. The topological polar surface area (TPSA) is 108 Å². The summed E-state index contributed by atoms with van der Waals surface area (Å²) in [5, 5.41) is 16.9. The van der Waals surface area contributed by atoms with Crippen molar-refractivity contribution in [1.29, 1.82) is 0 Å². The van der Waals surface area contributed by atoms with E-state index < -0.39 is 4.92 Å². The summed E-state index contributed by atoms with van der Waals surface area (Å²) in [7, 11) is 0. The van der Waals surface area contributed by atoms with E-state index in [2.05, 4.69) is 15.5 Å². The molecular formula is C23H29N5O4. The van der Waals surface area contributed by atoms with E-state index in [-0.39, 0.29) is 29.7 Å². The number of amides is 2. The van der Waals surface area contributed by atoms with Crippen LogP contribution in [0.5, 0.6) is 0 Å². The number of hydrogen-bond acceptors (Lipinski definition) is 6. The second-order valence-electron chi connectivity index (χ2n) is 8.19. The Kier molecular flexibility index (Phi) is 7.55. The van der Waals surface area contributed by atoms with Crippen LogP contribution in [0.3, 0.4) is 0 Å². The molecule has 1 fully saturated rings. The van der Waals surface area contributed by atoms with Gasteiger partial charge in [-0.3, -0.25) is 29.5 Å². The third-order valence-corrected chi connectivity index (χ3v) is 5.57. The zero-order valence-corrected chi connectivity index (χ0v) is 18.7. The van der Waals surface area contributed by atoms with Gasteiger partial charge in [0.25, 0.3) is 5.69 Å². The number of hydrogen-bond donors (Lipinski definition) is 2. The van der Waals surface area contributed by atoms with Crippen molar-refractivity contribution < 1.29 is 14.5 Å². The van der Waals surface area contributed by atoms with E-state index in [9.17, 15) is 19.7 Å². The van der Waals surface area contributed by atoms with Gasteiger partial charge in [0, 0.05) is 37.9 Å². The number of benzene rings is 2. The Morgan fingerprint density at radius 3 is 1.97 bits per heavy atom. The lowest BCUT2D eigenvalue weighted by Gasteiger charge is -2.33. The van der Waals surface area contributed by atoms with Gasteiger partial charge in [-0.05, 0) is 43.5 Å². The highest BCUT2D eigenvalue weighted by Crippen LogP contribution is 2.25. The summed E-state index contributed by atoms with van der Waals surface area (Å²) in [5.74, 6) is -0.349. The van der Waals surface area contributed by atoms with Gasteiger partial charge in [-0.1, -0.05) is 24.3 Å². The van der Waals surface area contributed by atoms with Gasteiger partial charge in [-0.25, -0.2) is 0 Å². The van der Waals surface area contributed by atoms with Crippen molar-refractivity contribution in [3.63, 3.8) is 0 Å². The minimum absolute atomic E-state index is 0.0553. The molecule has 0 bridgehead atoms. The van der Waals surface area contributed by atoms with Gasteiger partial charge in [0.2, 0.25) is 11.8 Å². The number of piperazine rings is 1. The van der Waals surface area contributed by atoms with Crippen molar-refractivity contribution in [1.82, 2.24) is 9.80 Å². The quantitative estimate of drug-likeness (QED) is 0.507. The standard InChI is InChI=1S/C23H29N5O4/c1-16-7-8-19(20(13-16)28(31)32)24-21(29)14-26-9-11-27(12-10-26)15-22(30)25-23-17(2)5-4-6-18(23)3/h4-8,13H,9-12,14-15H2,1-3H3,(H,24,29)(H,25,30). The summed E-state index contributed by atoms with van der Waals surface area (Å²) in [4.78, 5) is 39.7. The van der Waals surface area contributed by atoms with E-state index in [1.807, 2.05) is 36.9 Å². The number of nitrogens with zero attached hydrogens (tertiary/aromatic N) is 3. The van der Waals surface area contributed by atoms with Crippen molar-refractivity contribution >= 4 is 28.9 Å². The van der Waals surface area contributed by atoms with Gasteiger partial charge < -0.3 is 10.6 Å². The first kappa shape index (κ1) is 23.4. The Labute approximate surface area is 187 Å². The number of nitro groups is 1. The Morgan fingerprint density at radius 1 is 0.906 bits per heavy atom. The molecule has 9 heteroatoms. The molecule has 0 unspecified atom stereocenters. The monoisotopic (exact) mass is 439 g/mol. The lowest BCUT2D eigenvalue weighted by atomic mass is 10.1. The highest BCUT2D eigenvalue weighted by molar-refractivity contribution is 5.95. The highest BCUT2D eigenvalue weighted by Gasteiger charge is 2.22. The molecule has 1 heterocycles. The molecule has 2 amide bonds. The van der Waals surface area contributed by atoms with Gasteiger partial charge in [-0.15, -0.1) is 0 Å². The maximum Gasteiger partial charge on any atom is 0.293 e. The maximum absolute atomic E-state index is 12.5. The first-order valence-electron chi connectivity index (χ1n) is 10.6. The average molecular weight is 440 g/mol. The van der Waals surface area contributed by atoms with Crippen molar-refractivity contribution in [2.45, 2.75) is 20.8 Å². The van der Waals surface area contributed by atoms with Gasteiger partial charge in [0.15, 0.2) is 0 Å². The molecular weight excluding hydrogens is 410 g/mol. The fourth-order valence-electron chi connectivity index (χ4n) is 3.79. The smallest absolute Gasteiger partial charge is 0.293 e. The van der Waals surface area contributed by atoms with Crippen LogP contribution in [0, 0.1) is 30.9 Å². The van der Waals surface area contributed by atoms with E-state index >= 15 is 0 Å². The van der Waals surface area contributed by atoms with E-state index in [0.717, 1.165) is 22.4 Å². The molecule has 1 aliphatic heterocycles. The summed E-state index contributed by atoms with van der Waals surface area (Å²) >= 11 is 0. The molecule has 0 atom stereocenters. The van der Waals surface area contributed by atoms with Gasteiger partial charge in [0.05, 0.1) is 18.0 Å². The summed E-state index contributed by atoms with van der Waals surface area (Å²) in [6.45, 7) is 8.75. The summed E-state index contributed by atoms with van der Waals surface area (Å²) in [6, 6.07) is 10.6.